The average molecular weight is 537 g/mol. The number of carbonyl (C=O) groups is 1. The maximum Gasteiger partial charge on any atom is 0.256 e. The smallest absolute Gasteiger partial charge is 0.256 e. The molecule has 1 fully saturated rings. The van der Waals surface area contributed by atoms with Crippen molar-refractivity contribution >= 4 is 33.4 Å². The molecule has 178 valence electrons. The van der Waals surface area contributed by atoms with E-state index < -0.39 is 0 Å². The first-order valence-corrected chi connectivity index (χ1v) is 12.6. The number of benzene rings is 1. The number of hydrogen-bond donors (Lipinski definition) is 1. The number of aromatic nitrogens is 1. The van der Waals surface area contributed by atoms with Gasteiger partial charge >= 0.3 is 0 Å². The highest BCUT2D eigenvalue weighted by Gasteiger charge is 2.35. The fourth-order valence-corrected chi connectivity index (χ4v) is 6.19. The van der Waals surface area contributed by atoms with E-state index in [-0.39, 0.29) is 24.1 Å². The van der Waals surface area contributed by atoms with Crippen LogP contribution in [0.5, 0.6) is 0 Å². The molecule has 1 unspecified atom stereocenters. The number of hydrogen-bond acceptors (Lipinski definition) is 4. The van der Waals surface area contributed by atoms with E-state index in [0.29, 0.717) is 35.0 Å². The zero-order chi connectivity index (χ0) is 23.9. The highest BCUT2D eigenvalue weighted by atomic mass is 79.9. The van der Waals surface area contributed by atoms with Crippen LogP contribution in [0.15, 0.2) is 21.4 Å². The number of fused-ring (bicyclic) bond motifs is 1. The maximum atomic E-state index is 13.6. The number of halogens is 2. The Morgan fingerprint density at radius 3 is 2.55 bits per heavy atom. The standard InChI is InChI=1S/C25H31BrClN3O3/c1-14-11-15(2)28-24(31)19(14)13-30-10-7-17-20(26)12-18(22(27)21(17)25(30)32)23(33-4)16-5-8-29(3)9-6-16/h11-12,16,23H,5-10,13H2,1-4H3,(H,28,31). The van der Waals surface area contributed by atoms with E-state index in [1.807, 2.05) is 26.0 Å². The van der Waals surface area contributed by atoms with Gasteiger partial charge in [0.05, 0.1) is 23.2 Å². The molecule has 1 atom stereocenters. The molecule has 1 saturated heterocycles. The summed E-state index contributed by atoms with van der Waals surface area (Å²) in [4.78, 5) is 33.1. The predicted molar refractivity (Wildman–Crippen MR) is 134 cm³/mol. The van der Waals surface area contributed by atoms with Crippen molar-refractivity contribution in [1.29, 1.82) is 0 Å². The van der Waals surface area contributed by atoms with Crippen molar-refractivity contribution in [2.24, 2.45) is 5.92 Å². The molecule has 3 heterocycles. The third-order valence-electron chi connectivity index (χ3n) is 7.07. The SMILES string of the molecule is COC(c1cc(Br)c2c(c1Cl)C(=O)N(Cc1c(C)cc(C)[nH]c1=O)CC2)C1CCN(C)CC1. The minimum Gasteiger partial charge on any atom is -0.376 e. The van der Waals surface area contributed by atoms with Crippen molar-refractivity contribution in [3.63, 3.8) is 0 Å². The maximum absolute atomic E-state index is 13.6. The lowest BCUT2D eigenvalue weighted by molar-refractivity contribution is 0.0240. The Morgan fingerprint density at radius 1 is 1.21 bits per heavy atom. The number of aromatic amines is 1. The lowest BCUT2D eigenvalue weighted by Gasteiger charge is -2.36. The van der Waals surface area contributed by atoms with Crippen molar-refractivity contribution in [2.45, 2.75) is 45.8 Å². The van der Waals surface area contributed by atoms with Crippen LogP contribution < -0.4 is 5.56 Å². The summed E-state index contributed by atoms with van der Waals surface area (Å²) in [6.07, 6.45) is 2.56. The van der Waals surface area contributed by atoms with Crippen LogP contribution in [0.3, 0.4) is 0 Å². The third-order valence-corrected chi connectivity index (χ3v) is 8.19. The topological polar surface area (TPSA) is 65.6 Å². The van der Waals surface area contributed by atoms with Crippen LogP contribution in [0.1, 0.15) is 57.3 Å². The second-order valence-electron chi connectivity index (χ2n) is 9.33. The molecular formula is C25H31BrClN3O3. The monoisotopic (exact) mass is 535 g/mol. The molecule has 0 bridgehead atoms. The van der Waals surface area contributed by atoms with Gasteiger partial charge in [-0.1, -0.05) is 27.5 Å². The first kappa shape index (κ1) is 24.5. The third kappa shape index (κ3) is 4.78. The van der Waals surface area contributed by atoms with Gasteiger partial charge in [0, 0.05) is 34.9 Å². The Bertz CT molecular complexity index is 1120. The number of nitrogens with zero attached hydrogens (tertiary/aromatic N) is 2. The molecule has 0 aliphatic carbocycles. The summed E-state index contributed by atoms with van der Waals surface area (Å²) < 4.78 is 6.84. The number of nitrogens with one attached hydrogen (secondary N) is 1. The van der Waals surface area contributed by atoms with Gasteiger partial charge in [-0.05, 0) is 82.4 Å². The van der Waals surface area contributed by atoms with Crippen molar-refractivity contribution < 1.29 is 9.53 Å². The minimum atomic E-state index is -0.168. The summed E-state index contributed by atoms with van der Waals surface area (Å²) in [7, 11) is 3.85. The number of H-pyrrole nitrogens is 1. The van der Waals surface area contributed by atoms with Crippen molar-refractivity contribution in [1.82, 2.24) is 14.8 Å². The fraction of sp³-hybridized carbons (Fsp3) is 0.520. The van der Waals surface area contributed by atoms with Gasteiger partial charge in [-0.2, -0.15) is 0 Å². The number of rotatable bonds is 5. The summed E-state index contributed by atoms with van der Waals surface area (Å²) in [6, 6.07) is 3.97. The van der Waals surface area contributed by atoms with E-state index >= 15 is 0 Å². The fourth-order valence-electron chi connectivity index (χ4n) is 5.19. The average Bonchev–Trinajstić information content (AvgIpc) is 2.76. The predicted octanol–water partition coefficient (Wildman–Crippen LogP) is 4.64. The van der Waals surface area contributed by atoms with Crippen LogP contribution in [0.4, 0.5) is 0 Å². The van der Waals surface area contributed by atoms with Gasteiger partial charge in [-0.25, -0.2) is 0 Å². The van der Waals surface area contributed by atoms with Gasteiger partial charge in [-0.3, -0.25) is 9.59 Å². The second kappa shape index (κ2) is 9.90. The molecule has 8 heteroatoms. The summed E-state index contributed by atoms with van der Waals surface area (Å²) in [5, 5.41) is 0.475. The summed E-state index contributed by atoms with van der Waals surface area (Å²) >= 11 is 10.6. The van der Waals surface area contributed by atoms with E-state index in [1.165, 1.54) is 0 Å². The molecule has 6 nitrogen and oxygen atoms in total. The van der Waals surface area contributed by atoms with Crippen molar-refractivity contribution in [3.8, 4) is 0 Å². The highest BCUT2D eigenvalue weighted by Crippen LogP contribution is 2.42. The van der Waals surface area contributed by atoms with E-state index in [1.54, 1.807) is 12.0 Å². The van der Waals surface area contributed by atoms with E-state index in [0.717, 1.165) is 52.8 Å². The Kier molecular flexibility index (Phi) is 7.34. The molecule has 2 aliphatic heterocycles. The number of likely N-dealkylation sites (tertiary alicyclic amines) is 1. The molecule has 0 saturated carbocycles. The van der Waals surface area contributed by atoms with Gasteiger partial charge in [0.25, 0.3) is 11.5 Å². The molecule has 4 rings (SSSR count). The molecule has 2 aromatic rings. The molecule has 2 aliphatic rings. The molecule has 0 spiro atoms. The molecule has 33 heavy (non-hydrogen) atoms. The van der Waals surface area contributed by atoms with Crippen LogP contribution in [-0.4, -0.2) is 54.5 Å². The lowest BCUT2D eigenvalue weighted by Crippen LogP contribution is -2.39. The number of pyridine rings is 1. The highest BCUT2D eigenvalue weighted by molar-refractivity contribution is 9.10. The van der Waals surface area contributed by atoms with E-state index in [9.17, 15) is 9.59 Å². The summed E-state index contributed by atoms with van der Waals surface area (Å²) in [6.45, 7) is 6.61. The number of amides is 1. The number of methoxy groups -OCH3 is 1. The minimum absolute atomic E-state index is 0.138. The summed E-state index contributed by atoms with van der Waals surface area (Å²) in [5.74, 6) is 0.207. The van der Waals surface area contributed by atoms with Crippen LogP contribution in [-0.2, 0) is 17.7 Å². The van der Waals surface area contributed by atoms with E-state index in [2.05, 4.69) is 32.9 Å². The van der Waals surface area contributed by atoms with Crippen molar-refractivity contribution in [3.05, 3.63) is 65.5 Å². The Balaban J connectivity index is 1.68. The molecule has 1 amide bonds. The summed E-state index contributed by atoms with van der Waals surface area (Å²) in [5.41, 5.74) is 4.49. The first-order valence-electron chi connectivity index (χ1n) is 11.4. The molecule has 1 aromatic heterocycles. The van der Waals surface area contributed by atoms with Gasteiger partial charge < -0.3 is 19.5 Å². The zero-order valence-corrected chi connectivity index (χ0v) is 22.0. The van der Waals surface area contributed by atoms with Gasteiger partial charge in [0.2, 0.25) is 0 Å². The quantitative estimate of drug-likeness (QED) is 0.605. The number of piperidine rings is 1. The first-order chi connectivity index (χ1) is 15.7. The van der Waals surface area contributed by atoms with Crippen LogP contribution in [0, 0.1) is 19.8 Å². The number of aryl methyl sites for hydroxylation is 2. The van der Waals surface area contributed by atoms with Gasteiger partial charge in [0.15, 0.2) is 0 Å². The van der Waals surface area contributed by atoms with E-state index in [4.69, 9.17) is 16.3 Å². The Labute approximate surface area is 208 Å². The Morgan fingerprint density at radius 2 is 1.91 bits per heavy atom. The molecular weight excluding hydrogens is 506 g/mol. The Hall–Kier alpha value is -1.67. The van der Waals surface area contributed by atoms with Gasteiger partial charge in [-0.15, -0.1) is 0 Å². The molecule has 1 N–H and O–H groups in total. The molecule has 1 aromatic carbocycles. The zero-order valence-electron chi connectivity index (χ0n) is 19.6. The van der Waals surface area contributed by atoms with Gasteiger partial charge in [0.1, 0.15) is 0 Å². The second-order valence-corrected chi connectivity index (χ2v) is 10.6. The normalized spacial score (nSPS) is 18.5. The van der Waals surface area contributed by atoms with Crippen LogP contribution in [0.25, 0.3) is 0 Å². The molecule has 0 radical (unpaired) electrons. The lowest BCUT2D eigenvalue weighted by atomic mass is 9.85. The number of ether oxygens (including phenoxy) is 1. The van der Waals surface area contributed by atoms with Crippen LogP contribution in [0.2, 0.25) is 5.02 Å². The van der Waals surface area contributed by atoms with Crippen molar-refractivity contribution in [2.75, 3.05) is 33.8 Å². The van der Waals surface area contributed by atoms with Crippen LogP contribution >= 0.6 is 27.5 Å². The number of carbonyl (C=O) groups excluding carboxylic acids is 1. The largest absolute Gasteiger partial charge is 0.376 e.